The lowest BCUT2D eigenvalue weighted by atomic mass is 9.81. The number of benzene rings is 1. The Bertz CT molecular complexity index is 351. The minimum atomic E-state index is 0.187. The van der Waals surface area contributed by atoms with E-state index in [4.69, 9.17) is 10.5 Å². The molecule has 0 saturated carbocycles. The molecule has 0 spiro atoms. The van der Waals surface area contributed by atoms with E-state index in [1.807, 2.05) is 6.07 Å². The van der Waals surface area contributed by atoms with Gasteiger partial charge in [0, 0.05) is 12.0 Å². The third kappa shape index (κ3) is 2.70. The monoisotopic (exact) mass is 233 g/mol. The van der Waals surface area contributed by atoms with Crippen LogP contribution in [0.3, 0.4) is 0 Å². The van der Waals surface area contributed by atoms with Gasteiger partial charge in [-0.15, -0.1) is 0 Å². The fourth-order valence-electron chi connectivity index (χ4n) is 3.05. The predicted octanol–water partition coefficient (Wildman–Crippen LogP) is 2.62. The zero-order valence-electron chi connectivity index (χ0n) is 11.0. The number of hydrogen-bond donors (Lipinski definition) is 1. The van der Waals surface area contributed by atoms with Gasteiger partial charge in [-0.05, 0) is 31.7 Å². The van der Waals surface area contributed by atoms with Crippen LogP contribution in [0.25, 0.3) is 0 Å². The van der Waals surface area contributed by atoms with E-state index in [9.17, 15) is 0 Å². The summed E-state index contributed by atoms with van der Waals surface area (Å²) in [7, 11) is 0. The third-order valence-electron chi connectivity index (χ3n) is 4.13. The van der Waals surface area contributed by atoms with Gasteiger partial charge in [0.25, 0.3) is 0 Å². The highest BCUT2D eigenvalue weighted by atomic mass is 16.5. The molecular weight excluding hydrogens is 210 g/mol. The van der Waals surface area contributed by atoms with Crippen LogP contribution < -0.4 is 5.73 Å². The smallest absolute Gasteiger partial charge is 0.0597 e. The van der Waals surface area contributed by atoms with Gasteiger partial charge in [-0.25, -0.2) is 0 Å². The van der Waals surface area contributed by atoms with Crippen LogP contribution in [0.15, 0.2) is 30.3 Å². The zero-order chi connectivity index (χ0) is 12.4. The molecule has 1 aliphatic rings. The number of hydrogen-bond acceptors (Lipinski definition) is 2. The van der Waals surface area contributed by atoms with E-state index >= 15 is 0 Å². The normalized spacial score (nSPS) is 34.8. The maximum atomic E-state index is 6.37. The summed E-state index contributed by atoms with van der Waals surface area (Å²) in [6.45, 7) is 6.55. The van der Waals surface area contributed by atoms with Crippen LogP contribution in [-0.4, -0.2) is 18.2 Å². The topological polar surface area (TPSA) is 35.2 Å². The van der Waals surface area contributed by atoms with E-state index in [1.54, 1.807) is 0 Å². The molecule has 1 heterocycles. The van der Waals surface area contributed by atoms with Crippen molar-refractivity contribution in [2.75, 3.05) is 0 Å². The van der Waals surface area contributed by atoms with Crippen LogP contribution in [0.4, 0.5) is 0 Å². The van der Waals surface area contributed by atoms with Gasteiger partial charge >= 0.3 is 0 Å². The summed E-state index contributed by atoms with van der Waals surface area (Å²) < 4.78 is 5.86. The standard InChI is InChI=1S/C15H23NO/c1-10-11(2)17-12(3)15(10)14(16)9-13-7-5-4-6-8-13/h4-8,10-12,14-15H,9,16H2,1-3H3. The van der Waals surface area contributed by atoms with E-state index in [2.05, 4.69) is 45.0 Å². The van der Waals surface area contributed by atoms with Gasteiger partial charge in [0.15, 0.2) is 0 Å². The largest absolute Gasteiger partial charge is 0.375 e. The molecule has 0 radical (unpaired) electrons. The van der Waals surface area contributed by atoms with Crippen molar-refractivity contribution < 1.29 is 4.74 Å². The molecule has 1 aromatic rings. The highest BCUT2D eigenvalue weighted by Gasteiger charge is 2.40. The van der Waals surface area contributed by atoms with Crippen LogP contribution in [0.2, 0.25) is 0 Å². The minimum Gasteiger partial charge on any atom is -0.375 e. The second kappa shape index (κ2) is 5.19. The molecule has 2 N–H and O–H groups in total. The van der Waals surface area contributed by atoms with Gasteiger partial charge in [-0.3, -0.25) is 0 Å². The molecule has 2 rings (SSSR count). The highest BCUT2D eigenvalue weighted by Crippen LogP contribution is 2.34. The number of nitrogens with two attached hydrogens (primary N) is 1. The molecule has 17 heavy (non-hydrogen) atoms. The first kappa shape index (κ1) is 12.6. The molecule has 0 aromatic heterocycles. The zero-order valence-corrected chi connectivity index (χ0v) is 11.0. The average Bonchev–Trinajstić information content (AvgIpc) is 2.54. The van der Waals surface area contributed by atoms with Crippen molar-refractivity contribution in [3.63, 3.8) is 0 Å². The Kier molecular flexibility index (Phi) is 3.85. The molecule has 5 unspecified atom stereocenters. The molecule has 0 aliphatic carbocycles. The molecule has 0 amide bonds. The summed E-state index contributed by atoms with van der Waals surface area (Å²) in [5.74, 6) is 1.01. The number of ether oxygens (including phenoxy) is 1. The minimum absolute atomic E-state index is 0.187. The molecule has 1 aromatic carbocycles. The van der Waals surface area contributed by atoms with Crippen molar-refractivity contribution in [3.8, 4) is 0 Å². The third-order valence-corrected chi connectivity index (χ3v) is 4.13. The van der Waals surface area contributed by atoms with Crippen molar-refractivity contribution in [3.05, 3.63) is 35.9 Å². The Balaban J connectivity index is 2.03. The summed E-state index contributed by atoms with van der Waals surface area (Å²) in [5, 5.41) is 0. The van der Waals surface area contributed by atoms with Gasteiger partial charge in [0.2, 0.25) is 0 Å². The summed E-state index contributed by atoms with van der Waals surface area (Å²) in [6.07, 6.45) is 1.55. The first-order valence-corrected chi connectivity index (χ1v) is 6.54. The Morgan fingerprint density at radius 1 is 1.12 bits per heavy atom. The van der Waals surface area contributed by atoms with Crippen molar-refractivity contribution >= 4 is 0 Å². The van der Waals surface area contributed by atoms with Crippen LogP contribution >= 0.6 is 0 Å². The SMILES string of the molecule is CC1OC(C)C(C(N)Cc2ccccc2)C1C. The predicted molar refractivity (Wildman–Crippen MR) is 70.8 cm³/mol. The summed E-state index contributed by atoms with van der Waals surface area (Å²) in [5.41, 5.74) is 7.69. The van der Waals surface area contributed by atoms with Gasteiger partial charge in [0.1, 0.15) is 0 Å². The Morgan fingerprint density at radius 3 is 2.29 bits per heavy atom. The van der Waals surface area contributed by atoms with E-state index in [-0.39, 0.29) is 12.1 Å². The molecule has 0 bridgehead atoms. The fourth-order valence-corrected chi connectivity index (χ4v) is 3.05. The van der Waals surface area contributed by atoms with E-state index in [0.717, 1.165) is 6.42 Å². The van der Waals surface area contributed by atoms with Gasteiger partial charge in [-0.2, -0.15) is 0 Å². The second-order valence-corrected chi connectivity index (χ2v) is 5.34. The van der Waals surface area contributed by atoms with Crippen molar-refractivity contribution in [1.82, 2.24) is 0 Å². The van der Waals surface area contributed by atoms with Crippen LogP contribution in [-0.2, 0) is 11.2 Å². The maximum Gasteiger partial charge on any atom is 0.0597 e. The lowest BCUT2D eigenvalue weighted by molar-refractivity contribution is 0.0490. The fraction of sp³-hybridized carbons (Fsp3) is 0.600. The Labute approximate surface area is 104 Å². The molecule has 2 nitrogen and oxygen atoms in total. The highest BCUT2D eigenvalue weighted by molar-refractivity contribution is 5.16. The molecule has 94 valence electrons. The van der Waals surface area contributed by atoms with E-state index in [0.29, 0.717) is 17.9 Å². The Hall–Kier alpha value is -0.860. The second-order valence-electron chi connectivity index (χ2n) is 5.34. The maximum absolute atomic E-state index is 6.37. The summed E-state index contributed by atoms with van der Waals surface area (Å²) in [4.78, 5) is 0. The van der Waals surface area contributed by atoms with Crippen LogP contribution in [0, 0.1) is 11.8 Å². The Morgan fingerprint density at radius 2 is 1.76 bits per heavy atom. The molecule has 5 atom stereocenters. The molecular formula is C15H23NO. The van der Waals surface area contributed by atoms with Crippen LogP contribution in [0.1, 0.15) is 26.3 Å². The van der Waals surface area contributed by atoms with Gasteiger partial charge < -0.3 is 10.5 Å². The molecule has 1 aliphatic heterocycles. The molecule has 2 heteroatoms. The van der Waals surface area contributed by atoms with Crippen molar-refractivity contribution in [2.24, 2.45) is 17.6 Å². The summed E-state index contributed by atoms with van der Waals surface area (Å²) in [6, 6.07) is 10.7. The van der Waals surface area contributed by atoms with Gasteiger partial charge in [0.05, 0.1) is 12.2 Å². The van der Waals surface area contributed by atoms with E-state index < -0.39 is 0 Å². The lowest BCUT2D eigenvalue weighted by Crippen LogP contribution is -2.39. The number of rotatable bonds is 3. The molecule has 1 saturated heterocycles. The van der Waals surface area contributed by atoms with E-state index in [1.165, 1.54) is 5.56 Å². The van der Waals surface area contributed by atoms with Crippen molar-refractivity contribution in [1.29, 1.82) is 0 Å². The molecule has 1 fully saturated rings. The quantitative estimate of drug-likeness (QED) is 0.871. The average molecular weight is 233 g/mol. The van der Waals surface area contributed by atoms with Crippen LogP contribution in [0.5, 0.6) is 0 Å². The first-order chi connectivity index (χ1) is 8.09. The summed E-state index contributed by atoms with van der Waals surface area (Å²) >= 11 is 0. The first-order valence-electron chi connectivity index (χ1n) is 6.54. The van der Waals surface area contributed by atoms with Crippen molar-refractivity contribution in [2.45, 2.75) is 45.4 Å². The van der Waals surface area contributed by atoms with Gasteiger partial charge in [-0.1, -0.05) is 37.3 Å². The lowest BCUT2D eigenvalue weighted by Gasteiger charge is -2.25.